The number of methoxy groups -OCH3 is 1. The van der Waals surface area contributed by atoms with Crippen molar-refractivity contribution in [3.8, 4) is 11.8 Å². The van der Waals surface area contributed by atoms with Crippen LogP contribution in [0.2, 0.25) is 0 Å². The van der Waals surface area contributed by atoms with Crippen LogP contribution in [-0.2, 0) is 4.74 Å². The summed E-state index contributed by atoms with van der Waals surface area (Å²) in [5.74, 6) is 0.482. The molecule has 0 fully saturated rings. The van der Waals surface area contributed by atoms with E-state index < -0.39 is 6.10 Å². The predicted octanol–water partition coefficient (Wildman–Crippen LogP) is 0.944. The summed E-state index contributed by atoms with van der Waals surface area (Å²) in [4.78, 5) is 0. The number of para-hydroxylation sites is 1. The highest BCUT2D eigenvalue weighted by atomic mass is 16.5. The lowest BCUT2D eigenvalue weighted by molar-refractivity contribution is 0.0325. The highest BCUT2D eigenvalue weighted by molar-refractivity contribution is 5.42. The van der Waals surface area contributed by atoms with Crippen LogP contribution < -0.4 is 4.74 Å². The highest BCUT2D eigenvalue weighted by Gasteiger charge is 2.06. The third-order valence-corrected chi connectivity index (χ3v) is 1.80. The van der Waals surface area contributed by atoms with Crippen molar-refractivity contribution in [3.63, 3.8) is 0 Å². The van der Waals surface area contributed by atoms with Crippen LogP contribution in [0.3, 0.4) is 0 Å². The molecule has 0 saturated carbocycles. The Morgan fingerprint density at radius 1 is 1.40 bits per heavy atom. The first kappa shape index (κ1) is 11.5. The molecule has 1 aromatic rings. The zero-order chi connectivity index (χ0) is 11.1. The van der Waals surface area contributed by atoms with Gasteiger partial charge in [-0.2, -0.15) is 5.26 Å². The van der Waals surface area contributed by atoms with Gasteiger partial charge in [-0.25, -0.2) is 0 Å². The maximum Gasteiger partial charge on any atom is 0.137 e. The predicted molar refractivity (Wildman–Crippen MR) is 54.5 cm³/mol. The van der Waals surface area contributed by atoms with Crippen molar-refractivity contribution in [3.05, 3.63) is 29.8 Å². The number of aliphatic hydroxyl groups is 1. The van der Waals surface area contributed by atoms with E-state index in [9.17, 15) is 5.11 Å². The van der Waals surface area contributed by atoms with Gasteiger partial charge in [-0.3, -0.25) is 0 Å². The minimum absolute atomic E-state index is 0.118. The normalized spacial score (nSPS) is 11.8. The Kier molecular flexibility index (Phi) is 4.61. The highest BCUT2D eigenvalue weighted by Crippen LogP contribution is 2.16. The molecular weight excluding hydrogens is 194 g/mol. The van der Waals surface area contributed by atoms with Crippen molar-refractivity contribution in [1.82, 2.24) is 0 Å². The Labute approximate surface area is 88.7 Å². The quantitative estimate of drug-likeness (QED) is 0.780. The van der Waals surface area contributed by atoms with Crippen LogP contribution in [0.4, 0.5) is 0 Å². The van der Waals surface area contributed by atoms with E-state index in [1.54, 1.807) is 24.3 Å². The van der Waals surface area contributed by atoms with Gasteiger partial charge >= 0.3 is 0 Å². The number of hydrogen-bond acceptors (Lipinski definition) is 4. The van der Waals surface area contributed by atoms with E-state index in [-0.39, 0.29) is 13.2 Å². The lowest BCUT2D eigenvalue weighted by atomic mass is 10.2. The van der Waals surface area contributed by atoms with E-state index >= 15 is 0 Å². The zero-order valence-corrected chi connectivity index (χ0v) is 8.51. The number of benzene rings is 1. The average molecular weight is 207 g/mol. The first-order chi connectivity index (χ1) is 7.27. The number of nitrogens with zero attached hydrogens (tertiary/aromatic N) is 1. The van der Waals surface area contributed by atoms with Crippen molar-refractivity contribution >= 4 is 0 Å². The molecule has 1 unspecified atom stereocenters. The number of hydrogen-bond donors (Lipinski definition) is 1. The van der Waals surface area contributed by atoms with Crippen LogP contribution in [0.5, 0.6) is 5.75 Å². The van der Waals surface area contributed by atoms with E-state index in [1.807, 2.05) is 6.07 Å². The molecule has 0 aliphatic heterocycles. The second-order valence-corrected chi connectivity index (χ2v) is 3.03. The Balaban J connectivity index is 2.54. The van der Waals surface area contributed by atoms with Crippen LogP contribution in [0.25, 0.3) is 0 Å². The van der Waals surface area contributed by atoms with Gasteiger partial charge in [-0.1, -0.05) is 12.1 Å². The summed E-state index contributed by atoms with van der Waals surface area (Å²) in [5.41, 5.74) is 0.460. The Morgan fingerprint density at radius 3 is 2.80 bits per heavy atom. The first-order valence-electron chi connectivity index (χ1n) is 4.57. The molecule has 0 aliphatic carbocycles. The van der Waals surface area contributed by atoms with Crippen LogP contribution in [0.15, 0.2) is 24.3 Å². The monoisotopic (exact) mass is 207 g/mol. The van der Waals surface area contributed by atoms with Gasteiger partial charge in [0.2, 0.25) is 0 Å². The molecule has 4 heteroatoms. The van der Waals surface area contributed by atoms with Crippen molar-refractivity contribution in [2.45, 2.75) is 6.10 Å². The summed E-state index contributed by atoms with van der Waals surface area (Å²) in [7, 11) is 1.51. The molecule has 4 nitrogen and oxygen atoms in total. The summed E-state index contributed by atoms with van der Waals surface area (Å²) < 4.78 is 10.0. The van der Waals surface area contributed by atoms with Gasteiger partial charge in [0.1, 0.15) is 24.5 Å². The first-order valence-corrected chi connectivity index (χ1v) is 4.57. The number of nitriles is 1. The maximum atomic E-state index is 9.34. The lowest BCUT2D eigenvalue weighted by Crippen LogP contribution is -2.22. The van der Waals surface area contributed by atoms with Crippen LogP contribution in [0, 0.1) is 11.3 Å². The zero-order valence-electron chi connectivity index (χ0n) is 8.51. The van der Waals surface area contributed by atoms with Crippen molar-refractivity contribution in [2.75, 3.05) is 20.3 Å². The van der Waals surface area contributed by atoms with Gasteiger partial charge in [0.25, 0.3) is 0 Å². The minimum Gasteiger partial charge on any atom is -0.489 e. The fourth-order valence-electron chi connectivity index (χ4n) is 1.11. The van der Waals surface area contributed by atoms with Gasteiger partial charge in [0, 0.05) is 7.11 Å². The fraction of sp³-hybridized carbons (Fsp3) is 0.364. The second kappa shape index (κ2) is 6.02. The van der Waals surface area contributed by atoms with Gasteiger partial charge in [0.15, 0.2) is 0 Å². The molecule has 1 atom stereocenters. The minimum atomic E-state index is -0.679. The molecule has 0 aliphatic rings. The molecule has 0 spiro atoms. The summed E-state index contributed by atoms with van der Waals surface area (Å²) in [6.07, 6.45) is -0.679. The number of aliphatic hydroxyl groups excluding tert-OH is 1. The molecule has 0 amide bonds. The maximum absolute atomic E-state index is 9.34. The molecule has 0 saturated heterocycles. The van der Waals surface area contributed by atoms with Gasteiger partial charge in [0.05, 0.1) is 12.2 Å². The number of ether oxygens (including phenoxy) is 2. The Bertz CT molecular complexity index is 346. The molecule has 15 heavy (non-hydrogen) atoms. The molecule has 0 bridgehead atoms. The summed E-state index contributed by atoms with van der Waals surface area (Å²) in [6, 6.07) is 8.91. The summed E-state index contributed by atoms with van der Waals surface area (Å²) in [5, 5.41) is 18.1. The second-order valence-electron chi connectivity index (χ2n) is 3.03. The molecule has 1 N–H and O–H groups in total. The van der Waals surface area contributed by atoms with E-state index in [0.717, 1.165) is 0 Å². The van der Waals surface area contributed by atoms with Crippen molar-refractivity contribution in [2.24, 2.45) is 0 Å². The van der Waals surface area contributed by atoms with Crippen LogP contribution >= 0.6 is 0 Å². The lowest BCUT2D eigenvalue weighted by Gasteiger charge is -2.11. The number of rotatable bonds is 5. The van der Waals surface area contributed by atoms with E-state index in [0.29, 0.717) is 11.3 Å². The van der Waals surface area contributed by atoms with E-state index in [1.165, 1.54) is 7.11 Å². The Hall–Kier alpha value is -1.57. The average Bonchev–Trinajstić information content (AvgIpc) is 2.27. The van der Waals surface area contributed by atoms with Crippen molar-refractivity contribution < 1.29 is 14.6 Å². The molecule has 0 radical (unpaired) electrons. The van der Waals surface area contributed by atoms with E-state index in [4.69, 9.17) is 14.7 Å². The Morgan fingerprint density at radius 2 is 2.13 bits per heavy atom. The van der Waals surface area contributed by atoms with E-state index in [2.05, 4.69) is 0 Å². The van der Waals surface area contributed by atoms with Crippen molar-refractivity contribution in [1.29, 1.82) is 5.26 Å². The molecule has 1 rings (SSSR count). The largest absolute Gasteiger partial charge is 0.489 e. The molecule has 1 aromatic carbocycles. The SMILES string of the molecule is COCC(O)COc1ccccc1C#N. The summed E-state index contributed by atoms with van der Waals surface area (Å²) >= 11 is 0. The van der Waals surface area contributed by atoms with Crippen LogP contribution in [0.1, 0.15) is 5.56 Å². The van der Waals surface area contributed by atoms with Gasteiger partial charge in [-0.05, 0) is 12.1 Å². The molecular formula is C11H13NO3. The molecule has 0 heterocycles. The standard InChI is InChI=1S/C11H13NO3/c1-14-7-10(13)8-15-11-5-3-2-4-9(11)6-12/h2-5,10,13H,7-8H2,1H3. The molecule has 0 aromatic heterocycles. The van der Waals surface area contributed by atoms with Gasteiger partial charge < -0.3 is 14.6 Å². The van der Waals surface area contributed by atoms with Crippen LogP contribution in [-0.4, -0.2) is 31.5 Å². The smallest absolute Gasteiger partial charge is 0.137 e. The summed E-state index contributed by atoms with van der Waals surface area (Å²) in [6.45, 7) is 0.335. The molecule has 80 valence electrons. The third-order valence-electron chi connectivity index (χ3n) is 1.80. The topological polar surface area (TPSA) is 62.5 Å². The third kappa shape index (κ3) is 3.58. The fourth-order valence-corrected chi connectivity index (χ4v) is 1.11. The van der Waals surface area contributed by atoms with Gasteiger partial charge in [-0.15, -0.1) is 0 Å².